The van der Waals surface area contributed by atoms with Crippen LogP contribution in [0.4, 0.5) is 5.82 Å². The summed E-state index contributed by atoms with van der Waals surface area (Å²) in [6, 6.07) is 9.24. The number of hydrogen-bond acceptors (Lipinski definition) is 5. The van der Waals surface area contributed by atoms with Gasteiger partial charge in [-0.05, 0) is 56.6 Å². The highest BCUT2D eigenvalue weighted by atomic mass is 16.5. The molecule has 186 valence electrons. The SMILES string of the molecule is COCCC1CCN(c2nc3ccccc3n(C3CCN(C4CCCCCCC4)CC3)c2=O)C1. The number of rotatable bonds is 6. The molecule has 5 rings (SSSR count). The molecule has 2 aliphatic heterocycles. The van der Waals surface area contributed by atoms with Gasteiger partial charge in [-0.25, -0.2) is 4.98 Å². The van der Waals surface area contributed by atoms with Gasteiger partial charge in [0, 0.05) is 52.0 Å². The third-order valence-electron chi connectivity index (χ3n) is 8.55. The topological polar surface area (TPSA) is 50.6 Å². The number of hydrogen-bond donors (Lipinski definition) is 0. The molecule has 1 atom stereocenters. The van der Waals surface area contributed by atoms with E-state index in [1.165, 1.54) is 44.9 Å². The van der Waals surface area contributed by atoms with E-state index in [0.29, 0.717) is 11.7 Å². The molecule has 1 aromatic heterocycles. The number of para-hydroxylation sites is 2. The van der Waals surface area contributed by atoms with Gasteiger partial charge >= 0.3 is 0 Å². The first-order valence-electron chi connectivity index (χ1n) is 13.7. The van der Waals surface area contributed by atoms with E-state index in [0.717, 1.165) is 75.5 Å². The van der Waals surface area contributed by atoms with E-state index in [1.54, 1.807) is 7.11 Å². The van der Waals surface area contributed by atoms with Crippen molar-refractivity contribution in [2.75, 3.05) is 44.8 Å². The lowest BCUT2D eigenvalue weighted by molar-refractivity contribution is 0.116. The number of methoxy groups -OCH3 is 1. The molecule has 0 radical (unpaired) electrons. The largest absolute Gasteiger partial charge is 0.385 e. The molecular weight excluding hydrogens is 424 g/mol. The van der Waals surface area contributed by atoms with E-state index < -0.39 is 0 Å². The van der Waals surface area contributed by atoms with Crippen molar-refractivity contribution in [2.45, 2.75) is 82.7 Å². The summed E-state index contributed by atoms with van der Waals surface area (Å²) in [6.07, 6.45) is 13.9. The van der Waals surface area contributed by atoms with Crippen molar-refractivity contribution in [3.05, 3.63) is 34.6 Å². The van der Waals surface area contributed by atoms with Gasteiger partial charge in [0.1, 0.15) is 0 Å². The highest BCUT2D eigenvalue weighted by molar-refractivity contribution is 5.76. The van der Waals surface area contributed by atoms with Gasteiger partial charge in [0.25, 0.3) is 5.56 Å². The fraction of sp³-hybridized carbons (Fsp3) is 0.714. The number of benzene rings is 1. The Bertz CT molecular complexity index is 990. The molecular formula is C28H42N4O2. The molecule has 3 heterocycles. The van der Waals surface area contributed by atoms with E-state index >= 15 is 0 Å². The molecule has 0 amide bonds. The summed E-state index contributed by atoms with van der Waals surface area (Å²) in [7, 11) is 1.76. The lowest BCUT2D eigenvalue weighted by atomic mass is 9.93. The maximum absolute atomic E-state index is 13.9. The van der Waals surface area contributed by atoms with Crippen LogP contribution in [0.15, 0.2) is 29.1 Å². The molecule has 3 fully saturated rings. The van der Waals surface area contributed by atoms with Crippen LogP contribution in [0.25, 0.3) is 11.0 Å². The molecule has 34 heavy (non-hydrogen) atoms. The number of piperidine rings is 1. The lowest BCUT2D eigenvalue weighted by Crippen LogP contribution is -2.44. The fourth-order valence-corrected chi connectivity index (χ4v) is 6.56. The summed E-state index contributed by atoms with van der Waals surface area (Å²) in [4.78, 5) is 23.7. The van der Waals surface area contributed by atoms with Crippen LogP contribution in [0.2, 0.25) is 0 Å². The van der Waals surface area contributed by atoms with Crippen LogP contribution >= 0.6 is 0 Å². The number of ether oxygens (including phenoxy) is 1. The van der Waals surface area contributed by atoms with Gasteiger partial charge < -0.3 is 19.1 Å². The Kier molecular flexibility index (Phi) is 7.85. The summed E-state index contributed by atoms with van der Waals surface area (Å²) in [5.41, 5.74) is 2.05. The van der Waals surface area contributed by atoms with Crippen molar-refractivity contribution in [1.82, 2.24) is 14.5 Å². The van der Waals surface area contributed by atoms with Crippen LogP contribution in [0.5, 0.6) is 0 Å². The van der Waals surface area contributed by atoms with Crippen molar-refractivity contribution >= 4 is 16.9 Å². The summed E-state index contributed by atoms with van der Waals surface area (Å²) in [5, 5.41) is 0. The Hall–Kier alpha value is -1.92. The second-order valence-corrected chi connectivity index (χ2v) is 10.7. The minimum absolute atomic E-state index is 0.107. The molecule has 1 aromatic carbocycles. The Labute approximate surface area is 204 Å². The quantitative estimate of drug-likeness (QED) is 0.599. The van der Waals surface area contributed by atoms with E-state index in [9.17, 15) is 4.79 Å². The normalized spacial score (nSPS) is 23.9. The molecule has 2 aromatic rings. The van der Waals surface area contributed by atoms with Crippen molar-refractivity contribution in [3.63, 3.8) is 0 Å². The number of anilines is 1. The highest BCUT2D eigenvalue weighted by Crippen LogP contribution is 2.31. The Balaban J connectivity index is 1.36. The van der Waals surface area contributed by atoms with Gasteiger partial charge in [-0.3, -0.25) is 4.79 Å². The molecule has 2 saturated heterocycles. The highest BCUT2D eigenvalue weighted by Gasteiger charge is 2.30. The van der Waals surface area contributed by atoms with E-state index in [-0.39, 0.29) is 11.6 Å². The average Bonchev–Trinajstić information content (AvgIpc) is 3.31. The summed E-state index contributed by atoms with van der Waals surface area (Å²) >= 11 is 0. The first-order valence-corrected chi connectivity index (χ1v) is 13.7. The summed E-state index contributed by atoms with van der Waals surface area (Å²) in [6.45, 7) is 4.82. The summed E-state index contributed by atoms with van der Waals surface area (Å²) in [5.74, 6) is 1.23. The van der Waals surface area contributed by atoms with Crippen LogP contribution in [0.1, 0.15) is 76.7 Å². The van der Waals surface area contributed by atoms with E-state index in [2.05, 4.69) is 26.5 Å². The van der Waals surface area contributed by atoms with Crippen LogP contribution in [0, 0.1) is 5.92 Å². The number of likely N-dealkylation sites (tertiary alicyclic amines) is 1. The minimum Gasteiger partial charge on any atom is -0.385 e. The van der Waals surface area contributed by atoms with Crippen molar-refractivity contribution in [2.24, 2.45) is 5.92 Å². The van der Waals surface area contributed by atoms with Crippen LogP contribution < -0.4 is 10.5 Å². The van der Waals surface area contributed by atoms with Gasteiger partial charge in [-0.2, -0.15) is 0 Å². The molecule has 1 saturated carbocycles. The second kappa shape index (κ2) is 11.2. The van der Waals surface area contributed by atoms with Crippen molar-refractivity contribution in [3.8, 4) is 0 Å². The van der Waals surface area contributed by atoms with Crippen LogP contribution in [0.3, 0.4) is 0 Å². The van der Waals surface area contributed by atoms with Crippen LogP contribution in [-0.2, 0) is 4.74 Å². The zero-order valence-corrected chi connectivity index (χ0v) is 21.0. The second-order valence-electron chi connectivity index (χ2n) is 10.7. The number of fused-ring (bicyclic) bond motifs is 1. The molecule has 1 aliphatic carbocycles. The first-order chi connectivity index (χ1) is 16.7. The zero-order chi connectivity index (χ0) is 23.3. The molecule has 0 N–H and O–H groups in total. The maximum Gasteiger partial charge on any atom is 0.294 e. The van der Waals surface area contributed by atoms with Crippen LogP contribution in [-0.4, -0.2) is 60.4 Å². The third-order valence-corrected chi connectivity index (χ3v) is 8.55. The van der Waals surface area contributed by atoms with Gasteiger partial charge in [-0.15, -0.1) is 0 Å². The van der Waals surface area contributed by atoms with Gasteiger partial charge in [0.15, 0.2) is 5.82 Å². The standard InChI is InChI=1S/C28H42N4O2/c1-34-20-16-22-13-17-31(21-22)27-28(33)32(26-12-8-7-11-25(26)29-27)24-14-18-30(19-15-24)23-9-5-3-2-4-6-10-23/h7-8,11-12,22-24H,2-6,9-10,13-21H2,1H3. The Morgan fingerprint density at radius 2 is 1.65 bits per heavy atom. The monoisotopic (exact) mass is 466 g/mol. The third kappa shape index (κ3) is 5.18. The lowest BCUT2D eigenvalue weighted by Gasteiger charge is -2.39. The molecule has 0 spiro atoms. The number of nitrogens with zero attached hydrogens (tertiary/aromatic N) is 4. The average molecular weight is 467 g/mol. The summed E-state index contributed by atoms with van der Waals surface area (Å²) < 4.78 is 7.39. The predicted octanol–water partition coefficient (Wildman–Crippen LogP) is 5.01. The smallest absolute Gasteiger partial charge is 0.294 e. The van der Waals surface area contributed by atoms with Gasteiger partial charge in [0.05, 0.1) is 11.0 Å². The molecule has 3 aliphatic rings. The molecule has 0 bridgehead atoms. The Morgan fingerprint density at radius 1 is 0.912 bits per heavy atom. The number of aromatic nitrogens is 2. The van der Waals surface area contributed by atoms with Gasteiger partial charge in [0.2, 0.25) is 0 Å². The van der Waals surface area contributed by atoms with E-state index in [1.807, 2.05) is 12.1 Å². The maximum atomic E-state index is 13.9. The van der Waals surface area contributed by atoms with E-state index in [4.69, 9.17) is 9.72 Å². The molecule has 6 nitrogen and oxygen atoms in total. The van der Waals surface area contributed by atoms with Crippen molar-refractivity contribution < 1.29 is 4.74 Å². The van der Waals surface area contributed by atoms with Gasteiger partial charge in [-0.1, -0.05) is 44.2 Å². The molecule has 6 heteroatoms. The predicted molar refractivity (Wildman–Crippen MR) is 139 cm³/mol. The fourth-order valence-electron chi connectivity index (χ4n) is 6.56. The van der Waals surface area contributed by atoms with Crippen molar-refractivity contribution in [1.29, 1.82) is 0 Å². The zero-order valence-electron chi connectivity index (χ0n) is 21.0. The Morgan fingerprint density at radius 3 is 2.41 bits per heavy atom. The first kappa shape index (κ1) is 23.8. The minimum atomic E-state index is 0.107. The molecule has 1 unspecified atom stereocenters.